The molecule has 0 aromatic heterocycles. The quantitative estimate of drug-likeness (QED) is 0.767. The Balaban J connectivity index is 1.68. The van der Waals surface area contributed by atoms with E-state index < -0.39 is 0 Å². The third-order valence-corrected chi connectivity index (χ3v) is 3.46. The summed E-state index contributed by atoms with van der Waals surface area (Å²) in [6.07, 6.45) is 2.48. The first-order chi connectivity index (χ1) is 7.81. The lowest BCUT2D eigenvalue weighted by atomic mass is 10.1. The normalized spacial score (nSPS) is 25.4. The predicted molar refractivity (Wildman–Crippen MR) is 68.4 cm³/mol. The van der Waals surface area contributed by atoms with Crippen molar-refractivity contribution < 1.29 is 0 Å². The Labute approximate surface area is 98.2 Å². The molecule has 1 fully saturated rings. The minimum absolute atomic E-state index is 0.640. The monoisotopic (exact) mass is 218 g/mol. The summed E-state index contributed by atoms with van der Waals surface area (Å²) < 4.78 is 0. The number of rotatable bonds is 6. The Bertz CT molecular complexity index is 310. The molecular weight excluding hydrogens is 196 g/mol. The van der Waals surface area contributed by atoms with Crippen LogP contribution >= 0.6 is 0 Å². The van der Waals surface area contributed by atoms with E-state index in [4.69, 9.17) is 5.73 Å². The van der Waals surface area contributed by atoms with Crippen molar-refractivity contribution in [3.05, 3.63) is 35.9 Å². The van der Waals surface area contributed by atoms with Crippen molar-refractivity contribution in [3.63, 3.8) is 0 Å². The molecule has 0 aliphatic heterocycles. The zero-order chi connectivity index (χ0) is 11.4. The minimum Gasteiger partial charge on any atom is -0.330 e. The number of hydrogen-bond donors (Lipinski definition) is 2. The van der Waals surface area contributed by atoms with Gasteiger partial charge >= 0.3 is 0 Å². The van der Waals surface area contributed by atoms with Gasteiger partial charge in [0, 0.05) is 12.0 Å². The van der Waals surface area contributed by atoms with Gasteiger partial charge < -0.3 is 11.1 Å². The summed E-state index contributed by atoms with van der Waals surface area (Å²) in [6.45, 7) is 4.12. The van der Waals surface area contributed by atoms with Gasteiger partial charge in [-0.3, -0.25) is 0 Å². The second kappa shape index (κ2) is 5.46. The first-order valence-electron chi connectivity index (χ1n) is 6.29. The Kier molecular flexibility index (Phi) is 3.97. The van der Waals surface area contributed by atoms with E-state index in [0.717, 1.165) is 19.0 Å². The summed E-state index contributed by atoms with van der Waals surface area (Å²) in [5.41, 5.74) is 7.07. The lowest BCUT2D eigenvalue weighted by molar-refractivity contribution is 0.506. The van der Waals surface area contributed by atoms with Crippen LogP contribution in [-0.2, 0) is 0 Å². The van der Waals surface area contributed by atoms with Crippen LogP contribution in [0.2, 0.25) is 0 Å². The second-order valence-corrected chi connectivity index (χ2v) is 4.94. The molecule has 1 aromatic carbocycles. The average molecular weight is 218 g/mol. The molecule has 3 atom stereocenters. The van der Waals surface area contributed by atoms with E-state index in [1.165, 1.54) is 18.4 Å². The standard InChI is InChI=1S/C14H22N2/c1-11(10-15)7-8-16-14-9-13(14)12-5-3-2-4-6-12/h2-6,11,13-14,16H,7-10,15H2,1H3. The maximum Gasteiger partial charge on any atom is 0.0143 e. The molecule has 3 unspecified atom stereocenters. The van der Waals surface area contributed by atoms with E-state index in [1.807, 2.05) is 0 Å². The molecule has 2 rings (SSSR count). The molecule has 0 amide bonds. The molecule has 0 bridgehead atoms. The van der Waals surface area contributed by atoms with Gasteiger partial charge in [0.25, 0.3) is 0 Å². The molecule has 1 aliphatic rings. The van der Waals surface area contributed by atoms with Crippen LogP contribution in [0.25, 0.3) is 0 Å². The van der Waals surface area contributed by atoms with Gasteiger partial charge in [0.15, 0.2) is 0 Å². The number of nitrogens with two attached hydrogens (primary N) is 1. The molecule has 1 aliphatic carbocycles. The Hall–Kier alpha value is -0.860. The van der Waals surface area contributed by atoms with Crippen molar-refractivity contribution >= 4 is 0 Å². The second-order valence-electron chi connectivity index (χ2n) is 4.94. The molecule has 3 N–H and O–H groups in total. The third-order valence-electron chi connectivity index (χ3n) is 3.46. The van der Waals surface area contributed by atoms with E-state index in [2.05, 4.69) is 42.6 Å². The molecule has 88 valence electrons. The summed E-state index contributed by atoms with van der Waals surface area (Å²) >= 11 is 0. The van der Waals surface area contributed by atoms with Crippen LogP contribution in [0.5, 0.6) is 0 Å². The van der Waals surface area contributed by atoms with Gasteiger partial charge in [-0.05, 0) is 37.4 Å². The molecule has 0 spiro atoms. The van der Waals surface area contributed by atoms with Gasteiger partial charge in [-0.15, -0.1) is 0 Å². The number of hydrogen-bond acceptors (Lipinski definition) is 2. The van der Waals surface area contributed by atoms with Crippen LogP contribution in [0.3, 0.4) is 0 Å². The highest BCUT2D eigenvalue weighted by molar-refractivity contribution is 5.27. The topological polar surface area (TPSA) is 38.0 Å². The first-order valence-corrected chi connectivity index (χ1v) is 6.29. The van der Waals surface area contributed by atoms with E-state index in [-0.39, 0.29) is 0 Å². The largest absolute Gasteiger partial charge is 0.330 e. The Morgan fingerprint density at radius 1 is 1.38 bits per heavy atom. The fraction of sp³-hybridized carbons (Fsp3) is 0.571. The summed E-state index contributed by atoms with van der Waals surface area (Å²) in [4.78, 5) is 0. The summed E-state index contributed by atoms with van der Waals surface area (Å²) in [5.74, 6) is 1.39. The van der Waals surface area contributed by atoms with E-state index in [1.54, 1.807) is 0 Å². The highest BCUT2D eigenvalue weighted by Gasteiger charge is 2.37. The van der Waals surface area contributed by atoms with Crippen molar-refractivity contribution in [1.82, 2.24) is 5.32 Å². The molecule has 0 heterocycles. The SMILES string of the molecule is CC(CN)CCNC1CC1c1ccccc1. The smallest absolute Gasteiger partial charge is 0.0143 e. The van der Waals surface area contributed by atoms with Gasteiger partial charge in [0.1, 0.15) is 0 Å². The molecule has 0 radical (unpaired) electrons. The van der Waals surface area contributed by atoms with Crippen molar-refractivity contribution in [3.8, 4) is 0 Å². The third kappa shape index (κ3) is 3.06. The van der Waals surface area contributed by atoms with Crippen molar-refractivity contribution in [1.29, 1.82) is 0 Å². The Morgan fingerprint density at radius 2 is 2.12 bits per heavy atom. The van der Waals surface area contributed by atoms with Crippen LogP contribution in [-0.4, -0.2) is 19.1 Å². The Morgan fingerprint density at radius 3 is 2.81 bits per heavy atom. The van der Waals surface area contributed by atoms with Crippen LogP contribution < -0.4 is 11.1 Å². The van der Waals surface area contributed by atoms with Gasteiger partial charge in [-0.2, -0.15) is 0 Å². The van der Waals surface area contributed by atoms with E-state index in [9.17, 15) is 0 Å². The maximum absolute atomic E-state index is 5.60. The first kappa shape index (κ1) is 11.6. The highest BCUT2D eigenvalue weighted by atomic mass is 15.0. The van der Waals surface area contributed by atoms with Crippen LogP contribution in [0.4, 0.5) is 0 Å². The highest BCUT2D eigenvalue weighted by Crippen LogP contribution is 2.40. The molecule has 1 aromatic rings. The molecule has 1 saturated carbocycles. The summed E-state index contributed by atoms with van der Waals surface area (Å²) in [6, 6.07) is 11.5. The van der Waals surface area contributed by atoms with Crippen molar-refractivity contribution in [2.45, 2.75) is 31.7 Å². The molecule has 0 saturated heterocycles. The lowest BCUT2D eigenvalue weighted by Crippen LogP contribution is -2.23. The minimum atomic E-state index is 0.640. The molecule has 16 heavy (non-hydrogen) atoms. The number of benzene rings is 1. The van der Waals surface area contributed by atoms with Gasteiger partial charge in [0.05, 0.1) is 0 Å². The predicted octanol–water partition coefficient (Wildman–Crippen LogP) is 2.12. The van der Waals surface area contributed by atoms with Gasteiger partial charge in [0.2, 0.25) is 0 Å². The van der Waals surface area contributed by atoms with E-state index in [0.29, 0.717) is 12.0 Å². The molecule has 2 heteroatoms. The summed E-state index contributed by atoms with van der Waals surface area (Å²) in [7, 11) is 0. The van der Waals surface area contributed by atoms with Crippen molar-refractivity contribution in [2.24, 2.45) is 11.7 Å². The average Bonchev–Trinajstić information content (AvgIpc) is 3.09. The van der Waals surface area contributed by atoms with Crippen LogP contribution in [0.15, 0.2) is 30.3 Å². The fourth-order valence-corrected chi connectivity index (χ4v) is 2.12. The van der Waals surface area contributed by atoms with Crippen LogP contribution in [0, 0.1) is 5.92 Å². The zero-order valence-corrected chi connectivity index (χ0v) is 10.0. The van der Waals surface area contributed by atoms with E-state index >= 15 is 0 Å². The maximum atomic E-state index is 5.60. The van der Waals surface area contributed by atoms with Gasteiger partial charge in [-0.25, -0.2) is 0 Å². The van der Waals surface area contributed by atoms with Crippen LogP contribution in [0.1, 0.15) is 31.2 Å². The fourth-order valence-electron chi connectivity index (χ4n) is 2.12. The molecule has 2 nitrogen and oxygen atoms in total. The molecular formula is C14H22N2. The van der Waals surface area contributed by atoms with Crippen molar-refractivity contribution in [2.75, 3.05) is 13.1 Å². The van der Waals surface area contributed by atoms with Gasteiger partial charge in [-0.1, -0.05) is 37.3 Å². The number of nitrogens with one attached hydrogen (secondary N) is 1. The summed E-state index contributed by atoms with van der Waals surface area (Å²) in [5, 5.41) is 3.61. The zero-order valence-electron chi connectivity index (χ0n) is 10.0. The lowest BCUT2D eigenvalue weighted by Gasteiger charge is -2.09.